The highest BCUT2D eigenvalue weighted by atomic mass is 19.4. The molecule has 0 atom stereocenters. The molecule has 0 aliphatic carbocycles. The Morgan fingerprint density at radius 1 is 1.13 bits per heavy atom. The lowest BCUT2D eigenvalue weighted by Crippen LogP contribution is -2.39. The third kappa shape index (κ3) is 4.63. The van der Waals surface area contributed by atoms with Gasteiger partial charge in [-0.05, 0) is 31.9 Å². The first-order valence-corrected chi connectivity index (χ1v) is 9.23. The van der Waals surface area contributed by atoms with E-state index >= 15 is 0 Å². The maximum atomic E-state index is 13.8. The molecule has 0 bridgehead atoms. The van der Waals surface area contributed by atoms with E-state index in [0.29, 0.717) is 0 Å². The van der Waals surface area contributed by atoms with E-state index in [1.54, 1.807) is 0 Å². The number of aromatic nitrogens is 2. The quantitative estimate of drug-likeness (QED) is 0.551. The molecule has 5 nitrogen and oxygen atoms in total. The number of nitrogens with zero attached hydrogens (tertiary/aromatic N) is 3. The zero-order chi connectivity index (χ0) is 22.1. The van der Waals surface area contributed by atoms with Gasteiger partial charge in [-0.3, -0.25) is 9.59 Å². The SMILES string of the molecule is Cc1ncc(C(=O)C(F)(F)F)c(C2CCN(C(=O)Cc3c(F)cccc3F)CC2)n1. The number of rotatable bonds is 4. The Kier molecular flexibility index (Phi) is 6.14. The van der Waals surface area contributed by atoms with Crippen molar-refractivity contribution in [3.8, 4) is 0 Å². The molecule has 160 valence electrons. The van der Waals surface area contributed by atoms with Crippen molar-refractivity contribution in [3.63, 3.8) is 0 Å². The standard InChI is InChI=1S/C20H18F5N3O2/c1-11-26-10-14(19(30)20(23,24)25)18(27-11)12-5-7-28(8-6-12)17(29)9-13-15(21)3-2-4-16(13)22/h2-4,10,12H,5-9H2,1H3. The van der Waals surface area contributed by atoms with Crippen LogP contribution in [0.4, 0.5) is 22.0 Å². The van der Waals surface area contributed by atoms with E-state index in [0.717, 1.165) is 18.3 Å². The summed E-state index contributed by atoms with van der Waals surface area (Å²) >= 11 is 0. The lowest BCUT2D eigenvalue weighted by Gasteiger charge is -2.32. The van der Waals surface area contributed by atoms with Crippen LogP contribution in [0.5, 0.6) is 0 Å². The summed E-state index contributed by atoms with van der Waals surface area (Å²) in [6.45, 7) is 1.84. The molecule has 1 aromatic carbocycles. The molecule has 30 heavy (non-hydrogen) atoms. The number of ketones is 1. The van der Waals surface area contributed by atoms with E-state index in [1.165, 1.54) is 17.9 Å². The van der Waals surface area contributed by atoms with Gasteiger partial charge in [-0.25, -0.2) is 18.7 Å². The van der Waals surface area contributed by atoms with E-state index < -0.39 is 47.4 Å². The molecule has 0 spiro atoms. The lowest BCUT2D eigenvalue weighted by atomic mass is 9.89. The first-order valence-electron chi connectivity index (χ1n) is 9.23. The van der Waals surface area contributed by atoms with Crippen LogP contribution in [0.1, 0.15) is 46.2 Å². The maximum Gasteiger partial charge on any atom is 0.454 e. The van der Waals surface area contributed by atoms with E-state index in [-0.39, 0.29) is 43.0 Å². The number of amides is 1. The minimum atomic E-state index is -5.05. The van der Waals surface area contributed by atoms with Crippen molar-refractivity contribution < 1.29 is 31.5 Å². The molecule has 1 aromatic heterocycles. The molecule has 2 heterocycles. The maximum absolute atomic E-state index is 13.8. The smallest absolute Gasteiger partial charge is 0.342 e. The Morgan fingerprint density at radius 2 is 1.73 bits per heavy atom. The molecule has 0 saturated carbocycles. The van der Waals surface area contributed by atoms with Crippen molar-refractivity contribution in [1.29, 1.82) is 0 Å². The summed E-state index contributed by atoms with van der Waals surface area (Å²) in [5.41, 5.74) is -0.905. The van der Waals surface area contributed by atoms with Gasteiger partial charge in [0, 0.05) is 30.8 Å². The number of carbonyl (C=O) groups excluding carboxylic acids is 2. The highest BCUT2D eigenvalue weighted by Crippen LogP contribution is 2.32. The van der Waals surface area contributed by atoms with Gasteiger partial charge in [-0.2, -0.15) is 13.2 Å². The zero-order valence-corrected chi connectivity index (χ0v) is 16.0. The van der Waals surface area contributed by atoms with Crippen molar-refractivity contribution in [3.05, 3.63) is 58.7 Å². The van der Waals surface area contributed by atoms with Gasteiger partial charge in [-0.1, -0.05) is 6.07 Å². The molecule has 0 N–H and O–H groups in total. The Hall–Kier alpha value is -2.91. The Morgan fingerprint density at radius 3 is 2.30 bits per heavy atom. The number of likely N-dealkylation sites (tertiary alicyclic amines) is 1. The summed E-state index contributed by atoms with van der Waals surface area (Å²) in [7, 11) is 0. The molecule has 1 aliphatic heterocycles. The van der Waals surface area contributed by atoms with Crippen molar-refractivity contribution in [2.24, 2.45) is 0 Å². The Labute approximate surface area is 168 Å². The predicted molar refractivity (Wildman–Crippen MR) is 95.8 cm³/mol. The van der Waals surface area contributed by atoms with Gasteiger partial charge in [0.25, 0.3) is 5.78 Å². The van der Waals surface area contributed by atoms with Gasteiger partial charge in [0.15, 0.2) is 0 Å². The number of aryl methyl sites for hydroxylation is 1. The fourth-order valence-corrected chi connectivity index (χ4v) is 3.49. The van der Waals surface area contributed by atoms with Gasteiger partial charge >= 0.3 is 6.18 Å². The van der Waals surface area contributed by atoms with Gasteiger partial charge in [0.1, 0.15) is 17.5 Å². The highest BCUT2D eigenvalue weighted by molar-refractivity contribution is 6.01. The van der Waals surface area contributed by atoms with Crippen LogP contribution in [-0.2, 0) is 11.2 Å². The molecule has 0 radical (unpaired) electrons. The number of Topliss-reactive ketones (excluding diaryl/α,β-unsaturated/α-hetero) is 1. The summed E-state index contributed by atoms with van der Waals surface area (Å²) in [5, 5.41) is 0. The third-order valence-corrected chi connectivity index (χ3v) is 5.06. The minimum Gasteiger partial charge on any atom is -0.342 e. The van der Waals surface area contributed by atoms with Crippen LogP contribution >= 0.6 is 0 Å². The van der Waals surface area contributed by atoms with E-state index in [4.69, 9.17) is 0 Å². The van der Waals surface area contributed by atoms with Gasteiger partial charge < -0.3 is 4.90 Å². The normalized spacial score (nSPS) is 15.3. The number of hydrogen-bond donors (Lipinski definition) is 0. The van der Waals surface area contributed by atoms with Gasteiger partial charge in [0.2, 0.25) is 5.91 Å². The van der Waals surface area contributed by atoms with E-state index in [2.05, 4.69) is 9.97 Å². The topological polar surface area (TPSA) is 63.2 Å². The second-order valence-corrected chi connectivity index (χ2v) is 7.08. The number of hydrogen-bond acceptors (Lipinski definition) is 4. The van der Waals surface area contributed by atoms with Crippen LogP contribution < -0.4 is 0 Å². The molecule has 1 amide bonds. The zero-order valence-electron chi connectivity index (χ0n) is 16.0. The second-order valence-electron chi connectivity index (χ2n) is 7.08. The lowest BCUT2D eigenvalue weighted by molar-refractivity contribution is -0.131. The average molecular weight is 427 g/mol. The Bertz CT molecular complexity index is 949. The first kappa shape index (κ1) is 21.8. The van der Waals surface area contributed by atoms with Crippen molar-refractivity contribution in [2.75, 3.05) is 13.1 Å². The van der Waals surface area contributed by atoms with Crippen LogP contribution in [0.2, 0.25) is 0 Å². The van der Waals surface area contributed by atoms with Crippen LogP contribution in [0.25, 0.3) is 0 Å². The van der Waals surface area contributed by atoms with Gasteiger partial charge in [-0.15, -0.1) is 0 Å². The molecular weight excluding hydrogens is 409 g/mol. The van der Waals surface area contributed by atoms with Crippen LogP contribution in [0, 0.1) is 18.6 Å². The van der Waals surface area contributed by atoms with Crippen molar-refractivity contribution >= 4 is 11.7 Å². The highest BCUT2D eigenvalue weighted by Gasteiger charge is 2.42. The number of carbonyl (C=O) groups is 2. The van der Waals surface area contributed by atoms with E-state index in [9.17, 15) is 31.5 Å². The molecular formula is C20H18F5N3O2. The molecule has 10 heteroatoms. The molecule has 1 saturated heterocycles. The molecule has 3 rings (SSSR count). The van der Waals surface area contributed by atoms with Crippen LogP contribution in [-0.4, -0.2) is 45.8 Å². The summed E-state index contributed by atoms with van der Waals surface area (Å²) in [6.07, 6.45) is -4.09. The summed E-state index contributed by atoms with van der Waals surface area (Å²) in [5.74, 6) is -4.36. The van der Waals surface area contributed by atoms with E-state index in [1.807, 2.05) is 0 Å². The molecule has 0 unspecified atom stereocenters. The largest absolute Gasteiger partial charge is 0.454 e. The molecule has 2 aromatic rings. The summed E-state index contributed by atoms with van der Waals surface area (Å²) in [4.78, 5) is 33.4. The second kappa shape index (κ2) is 8.45. The summed E-state index contributed by atoms with van der Waals surface area (Å²) < 4.78 is 66.2. The van der Waals surface area contributed by atoms with Crippen molar-refractivity contribution in [2.45, 2.75) is 38.3 Å². The molecule has 1 fully saturated rings. The summed E-state index contributed by atoms with van der Waals surface area (Å²) in [6, 6.07) is 3.33. The third-order valence-electron chi connectivity index (χ3n) is 5.06. The minimum absolute atomic E-state index is 0.0112. The number of halogens is 5. The monoisotopic (exact) mass is 427 g/mol. The fourth-order valence-electron chi connectivity index (χ4n) is 3.49. The number of benzene rings is 1. The van der Waals surface area contributed by atoms with Crippen LogP contribution in [0.3, 0.4) is 0 Å². The Balaban J connectivity index is 1.72. The first-order chi connectivity index (χ1) is 14.1. The average Bonchev–Trinajstić information content (AvgIpc) is 2.69. The molecule has 1 aliphatic rings. The van der Waals surface area contributed by atoms with Gasteiger partial charge in [0.05, 0.1) is 17.7 Å². The van der Waals surface area contributed by atoms with Crippen molar-refractivity contribution in [1.82, 2.24) is 14.9 Å². The van der Waals surface area contributed by atoms with Crippen LogP contribution in [0.15, 0.2) is 24.4 Å². The number of alkyl halides is 3. The predicted octanol–water partition coefficient (Wildman–Crippen LogP) is 3.76. The fraction of sp³-hybridized carbons (Fsp3) is 0.400. The number of piperidine rings is 1.